The van der Waals surface area contributed by atoms with Crippen LogP contribution in [0.5, 0.6) is 0 Å². The number of allylic oxidation sites excluding steroid dienone is 1. The fourth-order valence-electron chi connectivity index (χ4n) is 9.26. The quantitative estimate of drug-likeness (QED) is 0.344. The van der Waals surface area contributed by atoms with Crippen LogP contribution in [0.1, 0.15) is 99.8 Å². The molecule has 0 aromatic heterocycles. The van der Waals surface area contributed by atoms with Gasteiger partial charge in [0.25, 0.3) is 0 Å². The summed E-state index contributed by atoms with van der Waals surface area (Å²) in [6.07, 6.45) is 20.4. The van der Waals surface area contributed by atoms with Crippen molar-refractivity contribution in [2.45, 2.75) is 99.8 Å². The highest BCUT2D eigenvalue weighted by atomic mass is 14.7. The summed E-state index contributed by atoms with van der Waals surface area (Å²) >= 11 is 0. The number of terminal acetylenes is 1. The van der Waals surface area contributed by atoms with Gasteiger partial charge >= 0.3 is 0 Å². The van der Waals surface area contributed by atoms with E-state index in [1.807, 2.05) is 13.8 Å². The van der Waals surface area contributed by atoms with E-state index in [0.717, 1.165) is 48.0 Å². The summed E-state index contributed by atoms with van der Waals surface area (Å²) in [4.78, 5) is 4.67. The first-order valence-electron chi connectivity index (χ1n) is 14.1. The lowest BCUT2D eigenvalue weighted by Gasteiger charge is -2.61. The minimum absolute atomic E-state index is 0.510. The van der Waals surface area contributed by atoms with Crippen molar-refractivity contribution in [1.29, 1.82) is 0 Å². The van der Waals surface area contributed by atoms with E-state index < -0.39 is 0 Å². The lowest BCUT2D eigenvalue weighted by Crippen LogP contribution is -2.53. The van der Waals surface area contributed by atoms with Crippen LogP contribution >= 0.6 is 0 Å². The first-order valence-corrected chi connectivity index (χ1v) is 14.1. The number of aliphatic imine (C=N–C) groups is 1. The second kappa shape index (κ2) is 10.6. The molecule has 0 radical (unpaired) electrons. The van der Waals surface area contributed by atoms with Crippen LogP contribution in [0.3, 0.4) is 0 Å². The lowest BCUT2D eigenvalue weighted by molar-refractivity contribution is -0.115. The van der Waals surface area contributed by atoms with Gasteiger partial charge in [0.2, 0.25) is 0 Å². The third kappa shape index (κ3) is 4.81. The van der Waals surface area contributed by atoms with Gasteiger partial charge in [0, 0.05) is 19.0 Å². The van der Waals surface area contributed by atoms with Crippen molar-refractivity contribution >= 4 is 6.21 Å². The molecule has 33 heavy (non-hydrogen) atoms. The molecule has 0 amide bonds. The Labute approximate surface area is 205 Å². The predicted octanol–water partition coefficient (Wildman–Crippen LogP) is 7.74. The van der Waals surface area contributed by atoms with Crippen molar-refractivity contribution in [3.05, 3.63) is 11.8 Å². The molecular formula is C31H52N2. The van der Waals surface area contributed by atoms with Gasteiger partial charge in [0.1, 0.15) is 0 Å². The minimum Gasteiger partial charge on any atom is -0.404 e. The van der Waals surface area contributed by atoms with Gasteiger partial charge in [-0.05, 0) is 110 Å². The highest BCUT2D eigenvalue weighted by Gasteiger charge is 2.59. The normalized spacial score (nSPS) is 45.8. The fraction of sp³-hybridized carbons (Fsp3) is 0.839. The Morgan fingerprint density at radius 2 is 1.73 bits per heavy atom. The van der Waals surface area contributed by atoms with Crippen LogP contribution in [0, 0.1) is 70.5 Å². The molecule has 0 saturated heterocycles. The zero-order chi connectivity index (χ0) is 24.4. The van der Waals surface area contributed by atoms with E-state index in [9.17, 15) is 0 Å². The maximum Gasteiger partial charge on any atom is 0.0575 e. The average Bonchev–Trinajstić information content (AvgIpc) is 3.16. The van der Waals surface area contributed by atoms with Crippen LogP contribution in [-0.4, -0.2) is 12.8 Å². The zero-order valence-electron chi connectivity index (χ0n) is 22.7. The van der Waals surface area contributed by atoms with Crippen LogP contribution < -0.4 is 5.73 Å². The maximum atomic E-state index is 5.57. The molecular weight excluding hydrogens is 400 g/mol. The van der Waals surface area contributed by atoms with Crippen molar-refractivity contribution < 1.29 is 0 Å². The molecule has 4 saturated carbocycles. The number of rotatable bonds is 4. The summed E-state index contributed by atoms with van der Waals surface area (Å²) in [6, 6.07) is 0. The molecule has 0 aliphatic heterocycles. The first-order chi connectivity index (χ1) is 15.7. The molecule has 4 aliphatic carbocycles. The number of nitrogens with zero attached hydrogens (tertiary/aromatic N) is 1. The molecule has 0 aromatic carbocycles. The molecule has 10 unspecified atom stereocenters. The van der Waals surface area contributed by atoms with E-state index in [-0.39, 0.29) is 0 Å². The van der Waals surface area contributed by atoms with Crippen molar-refractivity contribution in [3.63, 3.8) is 0 Å². The molecule has 2 heteroatoms. The molecule has 4 rings (SSSR count). The van der Waals surface area contributed by atoms with Crippen molar-refractivity contribution in [2.75, 3.05) is 6.54 Å². The van der Waals surface area contributed by atoms with E-state index in [1.54, 1.807) is 6.21 Å². The van der Waals surface area contributed by atoms with E-state index in [0.29, 0.717) is 22.3 Å². The van der Waals surface area contributed by atoms with Crippen LogP contribution in [-0.2, 0) is 0 Å². The second-order valence-electron chi connectivity index (χ2n) is 12.6. The average molecular weight is 453 g/mol. The Kier molecular flexibility index (Phi) is 8.46. The van der Waals surface area contributed by atoms with Crippen LogP contribution in [0.25, 0.3) is 0 Å². The van der Waals surface area contributed by atoms with E-state index in [4.69, 9.17) is 12.2 Å². The highest BCUT2D eigenvalue weighted by Crippen LogP contribution is 2.68. The van der Waals surface area contributed by atoms with E-state index >= 15 is 0 Å². The molecule has 2 N–H and O–H groups in total. The van der Waals surface area contributed by atoms with Gasteiger partial charge in [-0.3, -0.25) is 4.99 Å². The molecule has 0 aromatic rings. The van der Waals surface area contributed by atoms with Gasteiger partial charge in [0.05, 0.1) is 5.57 Å². The zero-order valence-corrected chi connectivity index (χ0v) is 22.7. The summed E-state index contributed by atoms with van der Waals surface area (Å²) in [5, 5.41) is 0. The first kappa shape index (κ1) is 26.4. The standard InChI is InChI=1S/C29H46N2.C2H6/c1-7-22(16-30)18-31-17-21(4)25-8-9-26-23-10-12-28(5)15-20(3)19(2)14-27(28)24(23)11-13-29(25,26)6;1-2/h1,16,18-21,23-27H,8-15,17,30H2,2-6H3;1-2H3/b22-16-,31-18?;. The summed E-state index contributed by atoms with van der Waals surface area (Å²) in [5.74, 6) is 9.72. The molecule has 2 nitrogen and oxygen atoms in total. The number of nitrogens with two attached hydrogens (primary N) is 1. The van der Waals surface area contributed by atoms with Gasteiger partial charge in [-0.1, -0.05) is 54.4 Å². The topological polar surface area (TPSA) is 38.4 Å². The molecule has 186 valence electrons. The molecule has 4 aliphatic rings. The minimum atomic E-state index is 0.510. The lowest BCUT2D eigenvalue weighted by atomic mass is 9.44. The Morgan fingerprint density at radius 1 is 1.06 bits per heavy atom. The molecule has 0 heterocycles. The fourth-order valence-corrected chi connectivity index (χ4v) is 9.26. The third-order valence-electron chi connectivity index (χ3n) is 11.1. The Morgan fingerprint density at radius 3 is 2.39 bits per heavy atom. The molecule has 0 bridgehead atoms. The Hall–Kier alpha value is -1.23. The summed E-state index contributed by atoms with van der Waals surface area (Å²) in [7, 11) is 0. The second-order valence-corrected chi connectivity index (χ2v) is 12.6. The largest absolute Gasteiger partial charge is 0.404 e. The van der Waals surface area contributed by atoms with E-state index in [2.05, 4.69) is 45.5 Å². The van der Waals surface area contributed by atoms with Gasteiger partial charge in [-0.2, -0.15) is 0 Å². The SMILES string of the molecule is C#C/C(C=NCC(C)C1CCC2C3CCC4(C)CC(C)C(C)CC4C3CCC12C)=C/N.CC. The van der Waals surface area contributed by atoms with Crippen LogP contribution in [0.2, 0.25) is 0 Å². The number of fused-ring (bicyclic) bond motifs is 5. The van der Waals surface area contributed by atoms with Gasteiger partial charge in [-0.25, -0.2) is 0 Å². The highest BCUT2D eigenvalue weighted by molar-refractivity contribution is 5.84. The molecule has 10 atom stereocenters. The van der Waals surface area contributed by atoms with E-state index in [1.165, 1.54) is 57.6 Å². The number of hydrogen-bond donors (Lipinski definition) is 1. The molecule has 4 fully saturated rings. The predicted molar refractivity (Wildman–Crippen MR) is 144 cm³/mol. The smallest absolute Gasteiger partial charge is 0.0575 e. The number of hydrogen-bond acceptors (Lipinski definition) is 2. The summed E-state index contributed by atoms with van der Waals surface area (Å²) in [6.45, 7) is 17.6. The van der Waals surface area contributed by atoms with Crippen molar-refractivity contribution in [2.24, 2.45) is 68.9 Å². The molecule has 0 spiro atoms. The van der Waals surface area contributed by atoms with Gasteiger partial charge in [-0.15, -0.1) is 6.42 Å². The van der Waals surface area contributed by atoms with Crippen molar-refractivity contribution in [3.8, 4) is 12.3 Å². The summed E-state index contributed by atoms with van der Waals surface area (Å²) < 4.78 is 0. The summed E-state index contributed by atoms with van der Waals surface area (Å²) in [5.41, 5.74) is 7.38. The van der Waals surface area contributed by atoms with Gasteiger partial charge in [0.15, 0.2) is 0 Å². The van der Waals surface area contributed by atoms with Crippen molar-refractivity contribution in [1.82, 2.24) is 0 Å². The third-order valence-corrected chi connectivity index (χ3v) is 11.1. The Bertz CT molecular complexity index is 759. The monoisotopic (exact) mass is 452 g/mol. The van der Waals surface area contributed by atoms with Gasteiger partial charge < -0.3 is 5.73 Å². The van der Waals surface area contributed by atoms with Crippen LogP contribution in [0.15, 0.2) is 16.8 Å². The maximum absolute atomic E-state index is 5.57. The van der Waals surface area contributed by atoms with Crippen LogP contribution in [0.4, 0.5) is 0 Å². The Balaban J connectivity index is 0.00000149.